The number of hydrogen-bond acceptors (Lipinski definition) is 5. The van der Waals surface area contributed by atoms with Crippen LogP contribution < -0.4 is 0 Å². The molecule has 1 aromatic rings. The number of sulfone groups is 1. The Balaban J connectivity index is 1.96. The Hall–Kier alpha value is -1.17. The van der Waals surface area contributed by atoms with Crippen LogP contribution in [0.2, 0.25) is 0 Å². The van der Waals surface area contributed by atoms with Gasteiger partial charge < -0.3 is 9.21 Å². The van der Waals surface area contributed by atoms with Crippen LogP contribution in [0, 0.1) is 5.92 Å². The molecule has 1 aliphatic rings. The standard InChI is InChI=1S/C10H13NO4S/c12-3-1-9-6-11-10(15-9)5-8-2-4-16(13,14)7-8/h3,6,8H,1-2,4-5,7H2. The Morgan fingerprint density at radius 3 is 3.00 bits per heavy atom. The fourth-order valence-electron chi connectivity index (χ4n) is 1.90. The third-order valence-electron chi connectivity index (χ3n) is 2.68. The SMILES string of the molecule is O=CCc1cnc(CC2CCS(=O)(=O)C2)o1. The molecule has 2 rings (SSSR count). The minimum atomic E-state index is -2.84. The van der Waals surface area contributed by atoms with Gasteiger partial charge >= 0.3 is 0 Å². The van der Waals surface area contributed by atoms with Crippen LogP contribution >= 0.6 is 0 Å². The number of carbonyl (C=O) groups excluding carboxylic acids is 1. The predicted molar refractivity (Wildman–Crippen MR) is 56.7 cm³/mol. The van der Waals surface area contributed by atoms with Crippen LogP contribution in [0.1, 0.15) is 18.1 Å². The lowest BCUT2D eigenvalue weighted by Crippen LogP contribution is -2.07. The monoisotopic (exact) mass is 243 g/mol. The minimum absolute atomic E-state index is 0.104. The zero-order valence-electron chi connectivity index (χ0n) is 8.76. The molecule has 2 heterocycles. The molecule has 0 radical (unpaired) electrons. The lowest BCUT2D eigenvalue weighted by molar-refractivity contribution is -0.107. The van der Waals surface area contributed by atoms with Crippen LogP contribution in [0.5, 0.6) is 0 Å². The highest BCUT2D eigenvalue weighted by atomic mass is 32.2. The number of carbonyl (C=O) groups is 1. The van der Waals surface area contributed by atoms with Gasteiger partial charge in [-0.1, -0.05) is 0 Å². The van der Waals surface area contributed by atoms with Gasteiger partial charge in [0.15, 0.2) is 15.7 Å². The van der Waals surface area contributed by atoms with Gasteiger partial charge in [0.25, 0.3) is 0 Å². The van der Waals surface area contributed by atoms with Crippen molar-refractivity contribution in [2.24, 2.45) is 5.92 Å². The summed E-state index contributed by atoms with van der Waals surface area (Å²) in [5.74, 6) is 1.65. The Bertz CT molecular complexity index is 477. The third kappa shape index (κ3) is 2.69. The second kappa shape index (κ2) is 4.37. The Morgan fingerprint density at radius 1 is 1.56 bits per heavy atom. The average Bonchev–Trinajstić information content (AvgIpc) is 2.75. The molecular formula is C10H13NO4S. The first-order valence-electron chi connectivity index (χ1n) is 5.17. The summed E-state index contributed by atoms with van der Waals surface area (Å²) in [5, 5.41) is 0. The quantitative estimate of drug-likeness (QED) is 0.715. The smallest absolute Gasteiger partial charge is 0.194 e. The number of hydrogen-bond donors (Lipinski definition) is 0. The topological polar surface area (TPSA) is 77.2 Å². The summed E-state index contributed by atoms with van der Waals surface area (Å²) in [6.07, 6.45) is 3.71. The van der Waals surface area contributed by atoms with E-state index in [4.69, 9.17) is 4.42 Å². The Labute approximate surface area is 93.8 Å². The molecule has 1 saturated heterocycles. The molecule has 1 fully saturated rings. The maximum absolute atomic E-state index is 11.2. The maximum Gasteiger partial charge on any atom is 0.194 e. The summed E-state index contributed by atoms with van der Waals surface area (Å²) in [7, 11) is -2.84. The summed E-state index contributed by atoms with van der Waals surface area (Å²) in [6, 6.07) is 0. The predicted octanol–water partition coefficient (Wildman–Crippen LogP) is 0.393. The molecule has 1 aliphatic heterocycles. The summed E-state index contributed by atoms with van der Waals surface area (Å²) in [6.45, 7) is 0. The van der Waals surface area contributed by atoms with Crippen molar-refractivity contribution in [1.82, 2.24) is 4.98 Å². The largest absolute Gasteiger partial charge is 0.445 e. The molecule has 16 heavy (non-hydrogen) atoms. The average molecular weight is 243 g/mol. The summed E-state index contributed by atoms with van der Waals surface area (Å²) >= 11 is 0. The van der Waals surface area contributed by atoms with E-state index in [2.05, 4.69) is 4.98 Å². The van der Waals surface area contributed by atoms with Crippen LogP contribution in [0.3, 0.4) is 0 Å². The van der Waals surface area contributed by atoms with E-state index in [1.54, 1.807) is 0 Å². The molecule has 0 N–H and O–H groups in total. The first-order chi connectivity index (χ1) is 7.59. The van der Waals surface area contributed by atoms with E-state index in [1.807, 2.05) is 0 Å². The van der Waals surface area contributed by atoms with E-state index in [0.29, 0.717) is 24.5 Å². The van der Waals surface area contributed by atoms with Gasteiger partial charge in [-0.25, -0.2) is 13.4 Å². The normalized spacial score (nSPS) is 23.4. The number of rotatable bonds is 4. The molecule has 88 valence electrons. The highest BCUT2D eigenvalue weighted by Crippen LogP contribution is 2.22. The van der Waals surface area contributed by atoms with Crippen LogP contribution in [0.15, 0.2) is 10.6 Å². The van der Waals surface area contributed by atoms with Gasteiger partial charge in [-0.15, -0.1) is 0 Å². The molecule has 6 heteroatoms. The lowest BCUT2D eigenvalue weighted by Gasteiger charge is -2.02. The first kappa shape index (κ1) is 11.3. The summed E-state index contributed by atoms with van der Waals surface area (Å²) in [5.41, 5.74) is 0. The van der Waals surface area contributed by atoms with E-state index < -0.39 is 9.84 Å². The molecule has 1 aromatic heterocycles. The van der Waals surface area contributed by atoms with Crippen molar-refractivity contribution in [2.75, 3.05) is 11.5 Å². The van der Waals surface area contributed by atoms with Crippen molar-refractivity contribution in [1.29, 1.82) is 0 Å². The molecule has 1 unspecified atom stereocenters. The number of aldehydes is 1. The number of nitrogens with zero attached hydrogens (tertiary/aromatic N) is 1. The molecule has 0 saturated carbocycles. The van der Waals surface area contributed by atoms with E-state index in [0.717, 1.165) is 6.29 Å². The van der Waals surface area contributed by atoms with Crippen LogP contribution in [-0.4, -0.2) is 31.2 Å². The van der Waals surface area contributed by atoms with Crippen molar-refractivity contribution in [3.63, 3.8) is 0 Å². The highest BCUT2D eigenvalue weighted by Gasteiger charge is 2.28. The van der Waals surface area contributed by atoms with E-state index in [-0.39, 0.29) is 23.8 Å². The van der Waals surface area contributed by atoms with Crippen LogP contribution in [-0.2, 0) is 27.5 Å². The molecule has 5 nitrogen and oxygen atoms in total. The van der Waals surface area contributed by atoms with Gasteiger partial charge in [-0.05, 0) is 12.3 Å². The highest BCUT2D eigenvalue weighted by molar-refractivity contribution is 7.91. The molecule has 0 bridgehead atoms. The summed E-state index contributed by atoms with van der Waals surface area (Å²) in [4.78, 5) is 14.3. The fraction of sp³-hybridized carbons (Fsp3) is 0.600. The molecule has 0 spiro atoms. The van der Waals surface area contributed by atoms with E-state index in [9.17, 15) is 13.2 Å². The molecule has 0 amide bonds. The Morgan fingerprint density at radius 2 is 2.38 bits per heavy atom. The maximum atomic E-state index is 11.2. The Kier molecular flexibility index (Phi) is 3.09. The summed E-state index contributed by atoms with van der Waals surface area (Å²) < 4.78 is 27.8. The van der Waals surface area contributed by atoms with Gasteiger partial charge in [0.05, 0.1) is 24.1 Å². The number of oxazole rings is 1. The second-order valence-corrected chi connectivity index (χ2v) is 6.29. The fourth-order valence-corrected chi connectivity index (χ4v) is 3.76. The van der Waals surface area contributed by atoms with Crippen LogP contribution in [0.25, 0.3) is 0 Å². The third-order valence-corrected chi connectivity index (χ3v) is 4.51. The number of aromatic nitrogens is 1. The minimum Gasteiger partial charge on any atom is -0.445 e. The molecule has 0 aliphatic carbocycles. The van der Waals surface area contributed by atoms with Crippen molar-refractivity contribution < 1.29 is 17.6 Å². The lowest BCUT2D eigenvalue weighted by atomic mass is 10.1. The van der Waals surface area contributed by atoms with E-state index in [1.165, 1.54) is 6.20 Å². The first-order valence-corrected chi connectivity index (χ1v) is 6.99. The van der Waals surface area contributed by atoms with Crippen molar-refractivity contribution >= 4 is 16.1 Å². The zero-order chi connectivity index (χ0) is 11.6. The molecular weight excluding hydrogens is 230 g/mol. The van der Waals surface area contributed by atoms with Gasteiger partial charge in [0, 0.05) is 6.42 Å². The second-order valence-electron chi connectivity index (χ2n) is 4.06. The van der Waals surface area contributed by atoms with Crippen molar-refractivity contribution in [3.8, 4) is 0 Å². The van der Waals surface area contributed by atoms with Gasteiger partial charge in [-0.2, -0.15) is 0 Å². The molecule has 1 atom stereocenters. The van der Waals surface area contributed by atoms with Crippen molar-refractivity contribution in [3.05, 3.63) is 17.8 Å². The van der Waals surface area contributed by atoms with Gasteiger partial charge in [0.2, 0.25) is 0 Å². The van der Waals surface area contributed by atoms with Gasteiger partial charge in [0.1, 0.15) is 12.0 Å². The molecule has 0 aromatic carbocycles. The van der Waals surface area contributed by atoms with Crippen LogP contribution in [0.4, 0.5) is 0 Å². The van der Waals surface area contributed by atoms with Crippen molar-refractivity contribution in [2.45, 2.75) is 19.3 Å². The van der Waals surface area contributed by atoms with E-state index >= 15 is 0 Å². The zero-order valence-corrected chi connectivity index (χ0v) is 9.57. The van der Waals surface area contributed by atoms with Gasteiger partial charge in [-0.3, -0.25) is 0 Å².